The third kappa shape index (κ3) is 2.93. The smallest absolute Gasteiger partial charge is 0.121 e. The number of hydrogen-bond acceptors (Lipinski definition) is 1. The van der Waals surface area contributed by atoms with Crippen LogP contribution in [-0.2, 0) is 10.8 Å². The lowest BCUT2D eigenvalue weighted by atomic mass is 9.51. The first-order valence-electron chi connectivity index (χ1n) is 10.4. The van der Waals surface area contributed by atoms with Crippen LogP contribution in [-0.4, -0.2) is 0 Å². The molecule has 1 heteroatoms. The van der Waals surface area contributed by atoms with E-state index in [0.717, 1.165) is 28.7 Å². The molecule has 0 fully saturated rings. The minimum absolute atomic E-state index is 0.563. The molecule has 0 unspecified atom stereocenters. The van der Waals surface area contributed by atoms with Gasteiger partial charge in [0.25, 0.3) is 0 Å². The highest BCUT2D eigenvalue weighted by molar-refractivity contribution is 5.59. The van der Waals surface area contributed by atoms with Crippen molar-refractivity contribution in [1.29, 1.82) is 5.26 Å². The second kappa shape index (κ2) is 8.39. The predicted octanol–water partition coefficient (Wildman–Crippen LogP) is 6.89. The number of rotatable bonds is 6. The van der Waals surface area contributed by atoms with Crippen LogP contribution in [0.25, 0.3) is 0 Å². The zero-order chi connectivity index (χ0) is 20.9. The Bertz CT molecular complexity index is 1030. The summed E-state index contributed by atoms with van der Waals surface area (Å²) in [4.78, 5) is 0. The highest BCUT2D eigenvalue weighted by atomic mass is 14.6. The molecule has 0 aliphatic heterocycles. The van der Waals surface area contributed by atoms with E-state index in [1.54, 1.807) is 0 Å². The van der Waals surface area contributed by atoms with Crippen LogP contribution in [0.1, 0.15) is 35.6 Å². The lowest BCUT2D eigenvalue weighted by Gasteiger charge is -2.48. The molecule has 0 aliphatic rings. The van der Waals surface area contributed by atoms with Gasteiger partial charge in [0, 0.05) is 5.41 Å². The van der Waals surface area contributed by atoms with Crippen LogP contribution in [0, 0.1) is 11.3 Å². The fourth-order valence-corrected chi connectivity index (χ4v) is 4.98. The van der Waals surface area contributed by atoms with Gasteiger partial charge in [-0.2, -0.15) is 5.26 Å². The first-order valence-corrected chi connectivity index (χ1v) is 10.4. The molecule has 146 valence electrons. The van der Waals surface area contributed by atoms with E-state index in [0.29, 0.717) is 0 Å². The first-order chi connectivity index (χ1) is 14.8. The van der Waals surface area contributed by atoms with Crippen LogP contribution >= 0.6 is 0 Å². The summed E-state index contributed by atoms with van der Waals surface area (Å²) in [7, 11) is 0. The van der Waals surface area contributed by atoms with Gasteiger partial charge < -0.3 is 0 Å². The Hall–Kier alpha value is -3.63. The maximum Gasteiger partial charge on any atom is 0.121 e. The molecule has 0 N–H and O–H groups in total. The Morgan fingerprint density at radius 3 is 1.10 bits per heavy atom. The van der Waals surface area contributed by atoms with Crippen molar-refractivity contribution < 1.29 is 0 Å². The average Bonchev–Trinajstić information content (AvgIpc) is 2.85. The second-order valence-corrected chi connectivity index (χ2v) is 7.58. The van der Waals surface area contributed by atoms with Crippen molar-refractivity contribution in [2.45, 2.75) is 24.2 Å². The van der Waals surface area contributed by atoms with E-state index in [9.17, 15) is 5.26 Å². The summed E-state index contributed by atoms with van der Waals surface area (Å²) < 4.78 is 0. The predicted molar refractivity (Wildman–Crippen MR) is 123 cm³/mol. The molecule has 0 spiro atoms. The van der Waals surface area contributed by atoms with Crippen LogP contribution in [0.3, 0.4) is 0 Å². The number of nitriles is 1. The molecule has 30 heavy (non-hydrogen) atoms. The Morgan fingerprint density at radius 1 is 0.533 bits per heavy atom. The van der Waals surface area contributed by atoms with Crippen molar-refractivity contribution in [3.05, 3.63) is 144 Å². The zero-order valence-corrected chi connectivity index (χ0v) is 17.2. The third-order valence-electron chi connectivity index (χ3n) is 6.28. The number of nitrogens with zero attached hydrogens (tertiary/aromatic N) is 1. The third-order valence-corrected chi connectivity index (χ3v) is 6.28. The van der Waals surface area contributed by atoms with E-state index in [4.69, 9.17) is 0 Å². The van der Waals surface area contributed by atoms with E-state index in [2.05, 4.69) is 85.8 Å². The highest BCUT2D eigenvalue weighted by Crippen LogP contribution is 2.54. The minimum atomic E-state index is -0.896. The SMILES string of the molecule is CCC(c1ccccc1)(c1ccccc1)C(C#N)(c1ccccc1)c1ccccc1. The molecular weight excluding hydrogens is 362 g/mol. The molecule has 0 radical (unpaired) electrons. The summed E-state index contributed by atoms with van der Waals surface area (Å²) in [5.41, 5.74) is 2.85. The molecule has 0 saturated heterocycles. The van der Waals surface area contributed by atoms with Crippen molar-refractivity contribution in [3.8, 4) is 6.07 Å². The molecule has 4 aromatic carbocycles. The largest absolute Gasteiger partial charge is 0.197 e. The van der Waals surface area contributed by atoms with Gasteiger partial charge in [-0.05, 0) is 28.7 Å². The molecule has 1 nitrogen and oxygen atoms in total. The Balaban J connectivity index is 2.19. The molecule has 0 bridgehead atoms. The normalized spacial score (nSPS) is 11.6. The van der Waals surface area contributed by atoms with Crippen LogP contribution in [0.2, 0.25) is 0 Å². The van der Waals surface area contributed by atoms with Gasteiger partial charge in [0.1, 0.15) is 5.41 Å². The molecule has 0 heterocycles. The van der Waals surface area contributed by atoms with Crippen molar-refractivity contribution in [3.63, 3.8) is 0 Å². The fourth-order valence-electron chi connectivity index (χ4n) is 4.98. The molecule has 4 aromatic rings. The Kier molecular flexibility index (Phi) is 5.50. The van der Waals surface area contributed by atoms with Crippen LogP contribution in [0.4, 0.5) is 0 Å². The standard InChI is InChI=1S/C29H25N/c1-2-28(24-15-7-3-8-16-24,25-17-9-4-10-18-25)29(23-30,26-19-11-5-12-20-26)27-21-13-6-14-22-27/h3-22H,2H2,1H3. The van der Waals surface area contributed by atoms with E-state index in [-0.39, 0.29) is 0 Å². The van der Waals surface area contributed by atoms with Gasteiger partial charge in [0.2, 0.25) is 0 Å². The van der Waals surface area contributed by atoms with Gasteiger partial charge in [0.05, 0.1) is 6.07 Å². The fraction of sp³-hybridized carbons (Fsp3) is 0.138. The lowest BCUT2D eigenvalue weighted by Crippen LogP contribution is -2.50. The maximum atomic E-state index is 11.0. The summed E-state index contributed by atoms with van der Waals surface area (Å²) in [5, 5.41) is 11.0. The molecule has 0 amide bonds. The Morgan fingerprint density at radius 2 is 0.833 bits per heavy atom. The Labute approximate surface area is 179 Å². The van der Waals surface area contributed by atoms with Gasteiger partial charge in [-0.25, -0.2) is 0 Å². The summed E-state index contributed by atoms with van der Waals surface area (Å²) >= 11 is 0. The summed E-state index contributed by atoms with van der Waals surface area (Å²) in [6.07, 6.45) is 0.776. The molecule has 0 saturated carbocycles. The van der Waals surface area contributed by atoms with Gasteiger partial charge >= 0.3 is 0 Å². The number of benzene rings is 4. The van der Waals surface area contributed by atoms with Crippen molar-refractivity contribution in [2.24, 2.45) is 0 Å². The zero-order valence-electron chi connectivity index (χ0n) is 17.2. The van der Waals surface area contributed by atoms with Gasteiger partial charge in [-0.1, -0.05) is 128 Å². The second-order valence-electron chi connectivity index (χ2n) is 7.58. The lowest BCUT2D eigenvalue weighted by molar-refractivity contribution is 0.363. The maximum absolute atomic E-state index is 11.0. The highest BCUT2D eigenvalue weighted by Gasteiger charge is 2.55. The molecule has 0 aromatic heterocycles. The summed E-state index contributed by atoms with van der Waals surface area (Å²) in [6, 6.07) is 44.3. The number of hydrogen-bond donors (Lipinski definition) is 0. The summed E-state index contributed by atoms with van der Waals surface area (Å²) in [6.45, 7) is 2.19. The molecular formula is C29H25N. The topological polar surface area (TPSA) is 23.8 Å². The van der Waals surface area contributed by atoms with E-state index in [1.807, 2.05) is 48.5 Å². The van der Waals surface area contributed by atoms with Crippen molar-refractivity contribution in [1.82, 2.24) is 0 Å². The minimum Gasteiger partial charge on any atom is -0.197 e. The average molecular weight is 388 g/mol. The first kappa shape index (κ1) is 19.7. The van der Waals surface area contributed by atoms with Crippen molar-refractivity contribution >= 4 is 0 Å². The van der Waals surface area contributed by atoms with Crippen LogP contribution < -0.4 is 0 Å². The summed E-state index contributed by atoms with van der Waals surface area (Å²) in [5.74, 6) is 0. The molecule has 0 aliphatic carbocycles. The van der Waals surface area contributed by atoms with E-state index >= 15 is 0 Å². The quantitative estimate of drug-likeness (QED) is 0.353. The molecule has 4 rings (SSSR count). The molecule has 0 atom stereocenters. The van der Waals surface area contributed by atoms with Crippen LogP contribution in [0.5, 0.6) is 0 Å². The van der Waals surface area contributed by atoms with Crippen LogP contribution in [0.15, 0.2) is 121 Å². The monoisotopic (exact) mass is 387 g/mol. The van der Waals surface area contributed by atoms with Gasteiger partial charge in [-0.3, -0.25) is 0 Å². The van der Waals surface area contributed by atoms with Crippen molar-refractivity contribution in [2.75, 3.05) is 0 Å². The van der Waals surface area contributed by atoms with Gasteiger partial charge in [0.15, 0.2) is 0 Å². The van der Waals surface area contributed by atoms with E-state index in [1.165, 1.54) is 0 Å². The van der Waals surface area contributed by atoms with E-state index < -0.39 is 10.8 Å². The van der Waals surface area contributed by atoms with Gasteiger partial charge in [-0.15, -0.1) is 0 Å².